The summed E-state index contributed by atoms with van der Waals surface area (Å²) in [6, 6.07) is 12.9. The van der Waals surface area contributed by atoms with Crippen LogP contribution in [0.5, 0.6) is 0 Å². The lowest BCUT2D eigenvalue weighted by atomic mass is 10.0. The topological polar surface area (TPSA) is 78.4 Å². The molecule has 1 saturated carbocycles. The van der Waals surface area contributed by atoms with Gasteiger partial charge in [0, 0.05) is 12.7 Å². The number of hydrogen-bond donors (Lipinski definition) is 2. The third-order valence-electron chi connectivity index (χ3n) is 4.33. The van der Waals surface area contributed by atoms with E-state index in [1.165, 1.54) is 0 Å². The number of anilines is 1. The number of carbonyl (C=O) groups is 1. The van der Waals surface area contributed by atoms with Crippen molar-refractivity contribution >= 4 is 11.8 Å². The van der Waals surface area contributed by atoms with E-state index in [4.69, 9.17) is 0 Å². The number of amides is 2. The average molecular weight is 326 g/mol. The highest BCUT2D eigenvalue weighted by molar-refractivity contribution is 5.88. The Kier molecular flexibility index (Phi) is 5.05. The first-order valence-corrected chi connectivity index (χ1v) is 8.25. The molecule has 2 amide bonds. The third-order valence-corrected chi connectivity index (χ3v) is 4.33. The molecule has 1 fully saturated rings. The fourth-order valence-corrected chi connectivity index (χ4v) is 3.11. The molecule has 1 aliphatic carbocycles. The molecule has 1 aromatic carbocycles. The number of benzene rings is 1. The summed E-state index contributed by atoms with van der Waals surface area (Å²) in [4.78, 5) is 14.3. The first kappa shape index (κ1) is 16.4. The van der Waals surface area contributed by atoms with Gasteiger partial charge in [-0.25, -0.2) is 4.79 Å². The predicted octanol–water partition coefficient (Wildman–Crippen LogP) is 2.82. The normalized spacial score (nSPS) is 15.9. The molecule has 1 aliphatic rings. The molecule has 6 heteroatoms. The summed E-state index contributed by atoms with van der Waals surface area (Å²) in [6.07, 6.45) is 5.02. The van der Waals surface area contributed by atoms with Crippen molar-refractivity contribution in [2.75, 3.05) is 11.9 Å². The van der Waals surface area contributed by atoms with Crippen LogP contribution in [0.15, 0.2) is 48.7 Å². The first-order valence-electron chi connectivity index (χ1n) is 8.25. The third kappa shape index (κ3) is 4.29. The molecule has 1 heterocycles. The van der Waals surface area contributed by atoms with Crippen LogP contribution in [0.4, 0.5) is 10.6 Å². The molecule has 24 heavy (non-hydrogen) atoms. The summed E-state index contributed by atoms with van der Waals surface area (Å²) >= 11 is 0. The molecular formula is C18H22N4O2. The molecule has 0 aliphatic heterocycles. The van der Waals surface area contributed by atoms with Gasteiger partial charge < -0.3 is 10.0 Å². The van der Waals surface area contributed by atoms with Crippen LogP contribution in [0.25, 0.3) is 0 Å². The maximum Gasteiger partial charge on any atom is 0.323 e. The maximum atomic E-state index is 12.7. The molecular weight excluding hydrogens is 304 g/mol. The van der Waals surface area contributed by atoms with Crippen molar-refractivity contribution in [1.82, 2.24) is 15.1 Å². The van der Waals surface area contributed by atoms with Crippen molar-refractivity contribution in [2.24, 2.45) is 0 Å². The van der Waals surface area contributed by atoms with E-state index in [0.717, 1.165) is 31.2 Å². The molecule has 0 unspecified atom stereocenters. The average Bonchev–Trinajstić information content (AvgIpc) is 3.02. The van der Waals surface area contributed by atoms with Gasteiger partial charge in [-0.2, -0.15) is 5.10 Å². The predicted molar refractivity (Wildman–Crippen MR) is 91.3 cm³/mol. The van der Waals surface area contributed by atoms with Crippen LogP contribution >= 0.6 is 0 Å². The molecule has 126 valence electrons. The Hall–Kier alpha value is -2.47. The number of urea groups is 1. The molecule has 0 atom stereocenters. The molecule has 0 radical (unpaired) electrons. The van der Waals surface area contributed by atoms with Gasteiger partial charge in [0.05, 0.1) is 12.1 Å². The van der Waals surface area contributed by atoms with Gasteiger partial charge in [0.15, 0.2) is 5.82 Å². The Bertz CT molecular complexity index is 657. The summed E-state index contributed by atoms with van der Waals surface area (Å²) in [5.41, 5.74) is 0.225. The quantitative estimate of drug-likeness (QED) is 0.885. The zero-order valence-corrected chi connectivity index (χ0v) is 13.6. The molecule has 2 aromatic rings. The Morgan fingerprint density at radius 2 is 1.92 bits per heavy atom. The van der Waals surface area contributed by atoms with Crippen molar-refractivity contribution in [3.63, 3.8) is 0 Å². The molecule has 0 spiro atoms. The van der Waals surface area contributed by atoms with E-state index in [2.05, 4.69) is 15.5 Å². The number of nitrogens with one attached hydrogen (secondary N) is 1. The number of carbonyl (C=O) groups excluding carboxylic acids is 1. The number of nitrogens with zero attached hydrogens (tertiary/aromatic N) is 3. The number of hydrogen-bond acceptors (Lipinski definition) is 4. The van der Waals surface area contributed by atoms with Crippen LogP contribution in [0.1, 0.15) is 31.2 Å². The second-order valence-electron chi connectivity index (χ2n) is 6.31. The molecule has 2 N–H and O–H groups in total. The molecule has 6 nitrogen and oxygen atoms in total. The minimum absolute atomic E-state index is 0.278. The van der Waals surface area contributed by atoms with Gasteiger partial charge in [-0.1, -0.05) is 43.2 Å². The lowest BCUT2D eigenvalue weighted by Crippen LogP contribution is -2.45. The van der Waals surface area contributed by atoms with Crippen molar-refractivity contribution < 1.29 is 9.90 Å². The van der Waals surface area contributed by atoms with E-state index in [0.29, 0.717) is 18.9 Å². The molecule has 1 aromatic heterocycles. The highest BCUT2D eigenvalue weighted by Crippen LogP contribution is 2.30. The SMILES string of the molecule is O=C(Nc1cccnn1)N(Cc1ccccc1)CC1(O)CCCC1. The van der Waals surface area contributed by atoms with Crippen LogP contribution in [-0.2, 0) is 6.54 Å². The van der Waals surface area contributed by atoms with E-state index >= 15 is 0 Å². The van der Waals surface area contributed by atoms with Crippen molar-refractivity contribution in [3.05, 3.63) is 54.2 Å². The summed E-state index contributed by atoms with van der Waals surface area (Å²) in [7, 11) is 0. The van der Waals surface area contributed by atoms with Crippen molar-refractivity contribution in [3.8, 4) is 0 Å². The van der Waals surface area contributed by atoms with Crippen LogP contribution in [0.3, 0.4) is 0 Å². The van der Waals surface area contributed by atoms with Crippen LogP contribution in [-0.4, -0.2) is 38.4 Å². The fraction of sp³-hybridized carbons (Fsp3) is 0.389. The minimum atomic E-state index is -0.797. The standard InChI is InChI=1S/C18H22N4O2/c23-17(20-16-9-6-12-19-21-16)22(13-15-7-2-1-3-8-15)14-18(24)10-4-5-11-18/h1-3,6-9,12,24H,4-5,10-11,13-14H2,(H,20,21,23). The van der Waals surface area contributed by atoms with E-state index in [9.17, 15) is 9.90 Å². The van der Waals surface area contributed by atoms with Gasteiger partial charge in [-0.3, -0.25) is 5.32 Å². The van der Waals surface area contributed by atoms with Crippen molar-refractivity contribution in [1.29, 1.82) is 0 Å². The van der Waals surface area contributed by atoms with Gasteiger partial charge in [-0.05, 0) is 30.5 Å². The molecule has 0 bridgehead atoms. The number of rotatable bonds is 5. The number of aromatic nitrogens is 2. The van der Waals surface area contributed by atoms with Crippen LogP contribution < -0.4 is 5.32 Å². The van der Waals surface area contributed by atoms with Gasteiger partial charge in [-0.15, -0.1) is 5.10 Å². The summed E-state index contributed by atoms with van der Waals surface area (Å²) < 4.78 is 0. The summed E-state index contributed by atoms with van der Waals surface area (Å²) in [5.74, 6) is 0.402. The van der Waals surface area contributed by atoms with Crippen LogP contribution in [0.2, 0.25) is 0 Å². The van der Waals surface area contributed by atoms with Gasteiger partial charge >= 0.3 is 6.03 Å². The summed E-state index contributed by atoms with van der Waals surface area (Å²) in [5, 5.41) is 21.1. The molecule has 0 saturated heterocycles. The zero-order valence-electron chi connectivity index (χ0n) is 13.6. The zero-order chi connectivity index (χ0) is 16.8. The highest BCUT2D eigenvalue weighted by atomic mass is 16.3. The summed E-state index contributed by atoms with van der Waals surface area (Å²) in [6.45, 7) is 0.753. The smallest absolute Gasteiger partial charge is 0.323 e. The van der Waals surface area contributed by atoms with E-state index in [1.807, 2.05) is 30.3 Å². The minimum Gasteiger partial charge on any atom is -0.388 e. The van der Waals surface area contributed by atoms with Gasteiger partial charge in [0.2, 0.25) is 0 Å². The highest BCUT2D eigenvalue weighted by Gasteiger charge is 2.34. The van der Waals surface area contributed by atoms with Gasteiger partial charge in [0.25, 0.3) is 0 Å². The van der Waals surface area contributed by atoms with Gasteiger partial charge in [0.1, 0.15) is 0 Å². The van der Waals surface area contributed by atoms with E-state index < -0.39 is 5.60 Å². The van der Waals surface area contributed by atoms with E-state index in [1.54, 1.807) is 23.2 Å². The first-order chi connectivity index (χ1) is 11.6. The van der Waals surface area contributed by atoms with Crippen molar-refractivity contribution in [2.45, 2.75) is 37.8 Å². The number of aliphatic hydroxyl groups is 1. The lowest BCUT2D eigenvalue weighted by molar-refractivity contribution is 0.0192. The van der Waals surface area contributed by atoms with Crippen LogP contribution in [0, 0.1) is 0 Å². The van der Waals surface area contributed by atoms with E-state index in [-0.39, 0.29) is 6.03 Å². The lowest BCUT2D eigenvalue weighted by Gasteiger charge is -2.31. The fourth-order valence-electron chi connectivity index (χ4n) is 3.11. The largest absolute Gasteiger partial charge is 0.388 e. The second kappa shape index (κ2) is 7.40. The Balaban J connectivity index is 1.74. The monoisotopic (exact) mass is 326 g/mol. The molecule has 3 rings (SSSR count). The Labute approximate surface area is 141 Å². The second-order valence-corrected chi connectivity index (χ2v) is 6.31. The Morgan fingerprint density at radius 3 is 2.58 bits per heavy atom. The Morgan fingerprint density at radius 1 is 1.17 bits per heavy atom. The maximum absolute atomic E-state index is 12.7.